The highest BCUT2D eigenvalue weighted by Crippen LogP contribution is 2.18. The first-order valence-corrected chi connectivity index (χ1v) is 4.73. The summed E-state index contributed by atoms with van der Waals surface area (Å²) in [7, 11) is 0. The molecule has 1 fully saturated rings. The van der Waals surface area contributed by atoms with Crippen molar-refractivity contribution in [3.05, 3.63) is 0 Å². The van der Waals surface area contributed by atoms with E-state index in [0.29, 0.717) is 6.42 Å². The summed E-state index contributed by atoms with van der Waals surface area (Å²) < 4.78 is 4.61. The summed E-state index contributed by atoms with van der Waals surface area (Å²) in [6.07, 6.45) is 0.784. The summed E-state index contributed by atoms with van der Waals surface area (Å²) in [5.41, 5.74) is -0.667. The molecule has 0 radical (unpaired) electrons. The van der Waals surface area contributed by atoms with Gasteiger partial charge in [0.15, 0.2) is 0 Å². The Morgan fingerprint density at radius 2 is 1.57 bits per heavy atom. The van der Waals surface area contributed by atoms with Crippen molar-refractivity contribution < 1.29 is 25.2 Å². The van der Waals surface area contributed by atoms with Gasteiger partial charge in [0.25, 0.3) is 0 Å². The first-order valence-electron chi connectivity index (χ1n) is 4.73. The molecule has 1 aliphatic heterocycles. The third-order valence-electron chi connectivity index (χ3n) is 2.36. The SMILES string of the molecule is CCC(CO)(CO)CO.OCC1CO1. The third kappa shape index (κ3) is 4.88. The molecule has 0 aromatic heterocycles. The fourth-order valence-electron chi connectivity index (χ4n) is 0.659. The molecular formula is C9H20O5. The molecule has 5 nitrogen and oxygen atoms in total. The molecule has 0 aromatic rings. The van der Waals surface area contributed by atoms with Gasteiger partial charge in [-0.1, -0.05) is 6.92 Å². The molecule has 0 spiro atoms. The smallest absolute Gasteiger partial charge is 0.104 e. The number of ether oxygens (including phenoxy) is 1. The summed E-state index contributed by atoms with van der Waals surface area (Å²) in [6, 6.07) is 0. The Morgan fingerprint density at radius 1 is 1.14 bits per heavy atom. The molecule has 1 atom stereocenters. The highest BCUT2D eigenvalue weighted by molar-refractivity contribution is 4.74. The van der Waals surface area contributed by atoms with Crippen molar-refractivity contribution >= 4 is 0 Å². The van der Waals surface area contributed by atoms with Gasteiger partial charge in [-0.2, -0.15) is 0 Å². The number of hydrogen-bond donors (Lipinski definition) is 4. The lowest BCUT2D eigenvalue weighted by atomic mass is 9.88. The lowest BCUT2D eigenvalue weighted by Crippen LogP contribution is -2.32. The van der Waals surface area contributed by atoms with Gasteiger partial charge in [0.1, 0.15) is 6.10 Å². The lowest BCUT2D eigenvalue weighted by Gasteiger charge is -2.24. The van der Waals surface area contributed by atoms with Crippen molar-refractivity contribution in [1.82, 2.24) is 0 Å². The standard InChI is InChI=1S/C6H14O3.C3H6O2/c1-2-6(3-7,4-8)5-9;4-1-3-2-5-3/h7-9H,2-5H2,1H3;3-4H,1-2H2. The zero-order valence-electron chi connectivity index (χ0n) is 8.52. The van der Waals surface area contributed by atoms with Crippen LogP contribution < -0.4 is 0 Å². The van der Waals surface area contributed by atoms with Gasteiger partial charge >= 0.3 is 0 Å². The number of aliphatic hydroxyl groups is 4. The van der Waals surface area contributed by atoms with Crippen LogP contribution in [0.25, 0.3) is 0 Å². The maximum atomic E-state index is 8.66. The predicted octanol–water partition coefficient (Wildman–Crippen LogP) is -1.26. The van der Waals surface area contributed by atoms with Crippen molar-refractivity contribution in [2.75, 3.05) is 33.0 Å². The van der Waals surface area contributed by atoms with Gasteiger partial charge in [0, 0.05) is 5.41 Å². The number of rotatable bonds is 5. The second-order valence-corrected chi connectivity index (χ2v) is 3.47. The topological polar surface area (TPSA) is 93.5 Å². The Kier molecular flexibility index (Phi) is 7.04. The molecule has 5 heteroatoms. The lowest BCUT2D eigenvalue weighted by molar-refractivity contribution is 0.00304. The average Bonchev–Trinajstić information content (AvgIpc) is 3.06. The minimum atomic E-state index is -0.667. The van der Waals surface area contributed by atoms with Crippen LogP contribution in [-0.4, -0.2) is 59.6 Å². The molecule has 86 valence electrons. The first-order chi connectivity index (χ1) is 6.67. The normalized spacial score (nSPS) is 19.9. The van der Waals surface area contributed by atoms with Crippen molar-refractivity contribution in [3.8, 4) is 0 Å². The fraction of sp³-hybridized carbons (Fsp3) is 1.00. The molecule has 14 heavy (non-hydrogen) atoms. The summed E-state index contributed by atoms with van der Waals surface area (Å²) >= 11 is 0. The summed E-state index contributed by atoms with van der Waals surface area (Å²) in [5.74, 6) is 0. The Hall–Kier alpha value is -0.200. The van der Waals surface area contributed by atoms with Gasteiger partial charge in [0.05, 0.1) is 33.0 Å². The first kappa shape index (κ1) is 13.8. The highest BCUT2D eigenvalue weighted by Gasteiger charge is 2.24. The van der Waals surface area contributed by atoms with Crippen LogP contribution in [0.2, 0.25) is 0 Å². The van der Waals surface area contributed by atoms with E-state index in [1.807, 2.05) is 6.92 Å². The maximum absolute atomic E-state index is 8.66. The van der Waals surface area contributed by atoms with Gasteiger partial charge in [-0.25, -0.2) is 0 Å². The number of epoxide rings is 1. The van der Waals surface area contributed by atoms with E-state index in [9.17, 15) is 0 Å². The van der Waals surface area contributed by atoms with Gasteiger partial charge in [-0.15, -0.1) is 0 Å². The Bertz CT molecular complexity index is 114. The molecule has 0 amide bonds. The molecule has 1 aliphatic rings. The Balaban J connectivity index is 0.000000280. The molecule has 1 unspecified atom stereocenters. The minimum Gasteiger partial charge on any atom is -0.396 e. The van der Waals surface area contributed by atoms with Crippen LogP contribution in [0.4, 0.5) is 0 Å². The van der Waals surface area contributed by atoms with Crippen molar-refractivity contribution in [3.63, 3.8) is 0 Å². The van der Waals surface area contributed by atoms with E-state index in [0.717, 1.165) is 6.61 Å². The van der Waals surface area contributed by atoms with Crippen LogP contribution in [0, 0.1) is 5.41 Å². The second-order valence-electron chi connectivity index (χ2n) is 3.47. The van der Waals surface area contributed by atoms with E-state index in [1.165, 1.54) is 0 Å². The van der Waals surface area contributed by atoms with Crippen molar-refractivity contribution in [2.24, 2.45) is 5.41 Å². The summed E-state index contributed by atoms with van der Waals surface area (Å²) in [6.45, 7) is 2.31. The molecule has 1 rings (SSSR count). The zero-order valence-corrected chi connectivity index (χ0v) is 8.52. The molecule has 0 aromatic carbocycles. The average molecular weight is 208 g/mol. The third-order valence-corrected chi connectivity index (χ3v) is 2.36. The highest BCUT2D eigenvalue weighted by atomic mass is 16.6. The van der Waals surface area contributed by atoms with E-state index in [-0.39, 0.29) is 32.5 Å². The molecule has 4 N–H and O–H groups in total. The molecule has 0 bridgehead atoms. The summed E-state index contributed by atoms with van der Waals surface area (Å²) in [5, 5.41) is 34.1. The fourth-order valence-corrected chi connectivity index (χ4v) is 0.659. The van der Waals surface area contributed by atoms with Crippen LogP contribution >= 0.6 is 0 Å². The molecule has 0 saturated carbocycles. The van der Waals surface area contributed by atoms with Crippen LogP contribution in [0.1, 0.15) is 13.3 Å². The number of hydrogen-bond acceptors (Lipinski definition) is 5. The van der Waals surface area contributed by atoms with Crippen LogP contribution in [-0.2, 0) is 4.74 Å². The van der Waals surface area contributed by atoms with Crippen LogP contribution in [0.15, 0.2) is 0 Å². The second kappa shape index (κ2) is 7.14. The van der Waals surface area contributed by atoms with Gasteiger partial charge in [0.2, 0.25) is 0 Å². The van der Waals surface area contributed by atoms with E-state index >= 15 is 0 Å². The number of aliphatic hydroxyl groups excluding tert-OH is 4. The predicted molar refractivity (Wildman–Crippen MR) is 50.8 cm³/mol. The van der Waals surface area contributed by atoms with E-state index < -0.39 is 5.41 Å². The largest absolute Gasteiger partial charge is 0.396 e. The van der Waals surface area contributed by atoms with Crippen LogP contribution in [0.5, 0.6) is 0 Å². The molecule has 1 heterocycles. The van der Waals surface area contributed by atoms with Crippen molar-refractivity contribution in [2.45, 2.75) is 19.4 Å². The molecule has 1 saturated heterocycles. The maximum Gasteiger partial charge on any atom is 0.104 e. The zero-order chi connectivity index (χ0) is 11.0. The van der Waals surface area contributed by atoms with E-state index in [4.69, 9.17) is 20.4 Å². The van der Waals surface area contributed by atoms with E-state index in [2.05, 4.69) is 4.74 Å². The molecule has 0 aliphatic carbocycles. The Labute approximate surface area is 83.9 Å². The van der Waals surface area contributed by atoms with Gasteiger partial charge < -0.3 is 25.2 Å². The van der Waals surface area contributed by atoms with E-state index in [1.54, 1.807) is 0 Å². The van der Waals surface area contributed by atoms with Crippen LogP contribution in [0.3, 0.4) is 0 Å². The van der Waals surface area contributed by atoms with Crippen molar-refractivity contribution in [1.29, 1.82) is 0 Å². The minimum absolute atomic E-state index is 0.156. The monoisotopic (exact) mass is 208 g/mol. The molecular weight excluding hydrogens is 188 g/mol. The summed E-state index contributed by atoms with van der Waals surface area (Å²) in [4.78, 5) is 0. The van der Waals surface area contributed by atoms with Gasteiger partial charge in [-0.05, 0) is 6.42 Å². The quantitative estimate of drug-likeness (QED) is 0.423. The van der Waals surface area contributed by atoms with Gasteiger partial charge in [-0.3, -0.25) is 0 Å². The Morgan fingerprint density at radius 3 is 1.57 bits per heavy atom.